The third-order valence-electron chi connectivity index (χ3n) is 3.37. The van der Waals surface area contributed by atoms with Crippen LogP contribution in [0, 0.1) is 0 Å². The molecule has 0 amide bonds. The molecular formula is C14H15F3N6. The molecule has 0 aliphatic rings. The molecule has 3 heterocycles. The topological polar surface area (TPSA) is 61.4 Å². The molecule has 0 N–H and O–H groups in total. The van der Waals surface area contributed by atoms with Gasteiger partial charge in [0.05, 0.1) is 16.4 Å². The number of nitrogens with zero attached hydrogens (tertiary/aromatic N) is 6. The summed E-state index contributed by atoms with van der Waals surface area (Å²) in [6.45, 7) is 5.92. The van der Waals surface area contributed by atoms with E-state index in [1.54, 1.807) is 4.68 Å². The van der Waals surface area contributed by atoms with Crippen LogP contribution < -0.4 is 0 Å². The Morgan fingerprint density at radius 1 is 1.17 bits per heavy atom. The third-order valence-corrected chi connectivity index (χ3v) is 3.37. The molecule has 3 aromatic heterocycles. The van der Waals surface area contributed by atoms with Crippen LogP contribution in [0.15, 0.2) is 24.8 Å². The number of hydrogen-bond acceptors (Lipinski definition) is 4. The van der Waals surface area contributed by atoms with Gasteiger partial charge in [-0.15, -0.1) is 0 Å². The highest BCUT2D eigenvalue weighted by Gasteiger charge is 2.37. The second-order valence-electron chi connectivity index (χ2n) is 6.16. The maximum absolute atomic E-state index is 13.1. The van der Waals surface area contributed by atoms with Crippen LogP contribution in [0.25, 0.3) is 10.9 Å². The molecule has 6 nitrogen and oxygen atoms in total. The van der Waals surface area contributed by atoms with Crippen molar-refractivity contribution in [3.8, 4) is 0 Å². The van der Waals surface area contributed by atoms with Crippen molar-refractivity contribution in [3.63, 3.8) is 0 Å². The van der Waals surface area contributed by atoms with Crippen LogP contribution in [0.2, 0.25) is 0 Å². The smallest absolute Gasteiger partial charge is 0.264 e. The fraction of sp³-hybridized carbons (Fsp3) is 0.429. The minimum absolute atomic E-state index is 0.0261. The molecule has 0 saturated heterocycles. The third kappa shape index (κ3) is 2.78. The first-order valence-electron chi connectivity index (χ1n) is 6.95. The van der Waals surface area contributed by atoms with Gasteiger partial charge in [0.1, 0.15) is 18.7 Å². The van der Waals surface area contributed by atoms with Crippen LogP contribution in [0.3, 0.4) is 0 Å². The average molecular weight is 324 g/mol. The Bertz CT molecular complexity index is 840. The van der Waals surface area contributed by atoms with Gasteiger partial charge in [0.2, 0.25) is 0 Å². The van der Waals surface area contributed by atoms with Crippen molar-refractivity contribution in [2.75, 3.05) is 0 Å². The van der Waals surface area contributed by atoms with Crippen LogP contribution in [-0.4, -0.2) is 29.5 Å². The van der Waals surface area contributed by atoms with E-state index in [4.69, 9.17) is 0 Å². The monoisotopic (exact) mass is 324 g/mol. The van der Waals surface area contributed by atoms with Crippen molar-refractivity contribution in [1.29, 1.82) is 0 Å². The number of rotatable bonds is 2. The van der Waals surface area contributed by atoms with Crippen LogP contribution >= 0.6 is 0 Å². The molecule has 23 heavy (non-hydrogen) atoms. The minimum atomic E-state index is -4.54. The highest BCUT2D eigenvalue weighted by molar-refractivity contribution is 5.81. The SMILES string of the molecule is CC(C)(C)n1ncnc1Cn1nc(C(F)(F)F)c2cnccc21. The fourth-order valence-electron chi connectivity index (χ4n) is 2.42. The summed E-state index contributed by atoms with van der Waals surface area (Å²) in [4.78, 5) is 7.92. The largest absolute Gasteiger partial charge is 0.435 e. The van der Waals surface area contributed by atoms with E-state index < -0.39 is 11.9 Å². The second kappa shape index (κ2) is 5.04. The fourth-order valence-corrected chi connectivity index (χ4v) is 2.42. The van der Waals surface area contributed by atoms with E-state index in [0.717, 1.165) is 0 Å². The lowest BCUT2D eigenvalue weighted by Crippen LogP contribution is -2.26. The van der Waals surface area contributed by atoms with Gasteiger partial charge in [0.25, 0.3) is 0 Å². The quantitative estimate of drug-likeness (QED) is 0.727. The standard InChI is InChI=1S/C14H15F3N6/c1-13(2,3)23-11(19-8-20-23)7-22-10-4-5-18-6-9(10)12(21-22)14(15,16)17/h4-6,8H,7H2,1-3H3. The molecule has 0 bridgehead atoms. The van der Waals surface area contributed by atoms with Gasteiger partial charge in [-0.05, 0) is 26.8 Å². The Labute approximate surface area is 130 Å². The number of halogens is 3. The lowest BCUT2D eigenvalue weighted by molar-refractivity contribution is -0.140. The van der Waals surface area contributed by atoms with Crippen LogP contribution in [0.5, 0.6) is 0 Å². The van der Waals surface area contributed by atoms with Gasteiger partial charge < -0.3 is 0 Å². The van der Waals surface area contributed by atoms with E-state index in [-0.39, 0.29) is 17.5 Å². The Kier molecular flexibility index (Phi) is 3.38. The summed E-state index contributed by atoms with van der Waals surface area (Å²) in [6, 6.07) is 1.51. The first-order chi connectivity index (χ1) is 10.7. The predicted molar refractivity (Wildman–Crippen MR) is 76.7 cm³/mol. The van der Waals surface area contributed by atoms with Gasteiger partial charge in [-0.1, -0.05) is 0 Å². The number of pyridine rings is 1. The molecule has 0 aromatic carbocycles. The van der Waals surface area contributed by atoms with Gasteiger partial charge in [0, 0.05) is 12.4 Å². The van der Waals surface area contributed by atoms with Crippen molar-refractivity contribution in [3.05, 3.63) is 36.3 Å². The predicted octanol–water partition coefficient (Wildman–Crippen LogP) is 2.84. The molecule has 0 radical (unpaired) electrons. The van der Waals surface area contributed by atoms with Crippen LogP contribution in [0.1, 0.15) is 32.3 Å². The zero-order valence-corrected chi connectivity index (χ0v) is 12.8. The van der Waals surface area contributed by atoms with Crippen molar-refractivity contribution >= 4 is 10.9 Å². The summed E-state index contributed by atoms with van der Waals surface area (Å²) in [5, 5.41) is 7.85. The number of aromatic nitrogens is 6. The first kappa shape index (κ1) is 15.4. The van der Waals surface area contributed by atoms with E-state index in [9.17, 15) is 13.2 Å². The molecule has 3 aromatic rings. The van der Waals surface area contributed by atoms with E-state index >= 15 is 0 Å². The first-order valence-corrected chi connectivity index (χ1v) is 6.95. The zero-order chi connectivity index (χ0) is 16.8. The summed E-state index contributed by atoms with van der Waals surface area (Å²) < 4.78 is 42.4. The summed E-state index contributed by atoms with van der Waals surface area (Å²) >= 11 is 0. The van der Waals surface area contributed by atoms with E-state index in [0.29, 0.717) is 11.3 Å². The molecule has 0 saturated carbocycles. The number of fused-ring (bicyclic) bond motifs is 1. The molecule has 0 unspecified atom stereocenters. The Balaban J connectivity index is 2.10. The van der Waals surface area contributed by atoms with Gasteiger partial charge in [-0.2, -0.15) is 23.4 Å². The normalized spacial score (nSPS) is 13.0. The molecule has 0 spiro atoms. The highest BCUT2D eigenvalue weighted by Crippen LogP contribution is 2.33. The van der Waals surface area contributed by atoms with Gasteiger partial charge in [0.15, 0.2) is 5.69 Å². The maximum atomic E-state index is 13.1. The summed E-state index contributed by atoms with van der Waals surface area (Å²) in [5.74, 6) is 0.535. The van der Waals surface area contributed by atoms with Crippen molar-refractivity contribution < 1.29 is 13.2 Å². The minimum Gasteiger partial charge on any atom is -0.264 e. The molecule has 0 atom stereocenters. The summed E-state index contributed by atoms with van der Waals surface area (Å²) in [7, 11) is 0. The van der Waals surface area contributed by atoms with Crippen LogP contribution in [-0.2, 0) is 18.3 Å². The average Bonchev–Trinajstić information content (AvgIpc) is 3.03. The van der Waals surface area contributed by atoms with Crippen molar-refractivity contribution in [2.24, 2.45) is 0 Å². The molecule has 0 fully saturated rings. The Morgan fingerprint density at radius 3 is 2.57 bits per heavy atom. The molecule has 0 aliphatic carbocycles. The second-order valence-corrected chi connectivity index (χ2v) is 6.16. The highest BCUT2D eigenvalue weighted by atomic mass is 19.4. The summed E-state index contributed by atoms with van der Waals surface area (Å²) in [6.07, 6.45) is -0.534. The van der Waals surface area contributed by atoms with Gasteiger partial charge in [-0.25, -0.2) is 9.67 Å². The summed E-state index contributed by atoms with van der Waals surface area (Å²) in [5.41, 5.74) is -0.915. The Hall–Kier alpha value is -2.45. The van der Waals surface area contributed by atoms with E-state index in [2.05, 4.69) is 20.2 Å². The lowest BCUT2D eigenvalue weighted by Gasteiger charge is -2.21. The van der Waals surface area contributed by atoms with Gasteiger partial charge in [-0.3, -0.25) is 9.67 Å². The van der Waals surface area contributed by atoms with Crippen LogP contribution in [0.4, 0.5) is 13.2 Å². The van der Waals surface area contributed by atoms with Crippen molar-refractivity contribution in [2.45, 2.75) is 39.0 Å². The lowest BCUT2D eigenvalue weighted by atomic mass is 10.1. The molecule has 122 valence electrons. The zero-order valence-electron chi connectivity index (χ0n) is 12.8. The van der Waals surface area contributed by atoms with E-state index in [1.165, 1.54) is 29.5 Å². The molecule has 9 heteroatoms. The molecule has 0 aliphatic heterocycles. The Morgan fingerprint density at radius 2 is 1.91 bits per heavy atom. The number of hydrogen-bond donors (Lipinski definition) is 0. The van der Waals surface area contributed by atoms with Crippen molar-refractivity contribution in [1.82, 2.24) is 29.5 Å². The maximum Gasteiger partial charge on any atom is 0.435 e. The molecule has 3 rings (SSSR count). The molecular weight excluding hydrogens is 309 g/mol. The number of alkyl halides is 3. The van der Waals surface area contributed by atoms with E-state index in [1.807, 2.05) is 20.8 Å². The van der Waals surface area contributed by atoms with Gasteiger partial charge >= 0.3 is 6.18 Å².